The predicted molar refractivity (Wildman–Crippen MR) is 82.4 cm³/mol. The summed E-state index contributed by atoms with van der Waals surface area (Å²) in [6.45, 7) is 0. The fourth-order valence-electron chi connectivity index (χ4n) is 1.76. The van der Waals surface area contributed by atoms with Crippen LogP contribution < -0.4 is 0 Å². The van der Waals surface area contributed by atoms with Crippen molar-refractivity contribution in [2.75, 3.05) is 0 Å². The van der Waals surface area contributed by atoms with E-state index in [1.54, 1.807) is 6.07 Å². The molecule has 0 aromatic heterocycles. The summed E-state index contributed by atoms with van der Waals surface area (Å²) in [5, 5.41) is 10.3. The van der Waals surface area contributed by atoms with E-state index in [0.29, 0.717) is 11.1 Å². The van der Waals surface area contributed by atoms with Gasteiger partial charge < -0.3 is 5.11 Å². The number of alkyl halides is 3. The second-order valence-electron chi connectivity index (χ2n) is 4.19. The van der Waals surface area contributed by atoms with Crippen LogP contribution in [0.3, 0.4) is 0 Å². The van der Waals surface area contributed by atoms with E-state index in [4.69, 9.17) is 0 Å². The van der Waals surface area contributed by atoms with Crippen molar-refractivity contribution in [3.05, 3.63) is 67.2 Å². The lowest BCUT2D eigenvalue weighted by molar-refractivity contribution is -0.137. The van der Waals surface area contributed by atoms with Crippen molar-refractivity contribution in [3.8, 4) is 0 Å². The highest BCUT2D eigenvalue weighted by Crippen LogP contribution is 2.32. The number of hydrogen-bond acceptors (Lipinski definition) is 1. The van der Waals surface area contributed by atoms with Gasteiger partial charge in [0.1, 0.15) is 6.10 Å². The van der Waals surface area contributed by atoms with Crippen molar-refractivity contribution >= 4 is 38.5 Å². The van der Waals surface area contributed by atoms with Crippen LogP contribution in [0.4, 0.5) is 13.2 Å². The predicted octanol–water partition coefficient (Wildman–Crippen LogP) is 5.15. The van der Waals surface area contributed by atoms with Gasteiger partial charge in [0.05, 0.1) is 5.56 Å². The number of rotatable bonds is 2. The molecule has 1 nitrogen and oxygen atoms in total. The molecule has 0 aliphatic heterocycles. The van der Waals surface area contributed by atoms with Gasteiger partial charge in [-0.25, -0.2) is 0 Å². The molecule has 1 unspecified atom stereocenters. The fourth-order valence-corrected chi connectivity index (χ4v) is 2.77. The smallest absolute Gasteiger partial charge is 0.384 e. The van der Waals surface area contributed by atoms with Gasteiger partial charge in [-0.15, -0.1) is 0 Å². The second kappa shape index (κ2) is 6.03. The van der Waals surface area contributed by atoms with E-state index < -0.39 is 17.8 Å². The van der Waals surface area contributed by atoms with Crippen molar-refractivity contribution in [2.24, 2.45) is 0 Å². The molecule has 0 amide bonds. The Kier molecular flexibility index (Phi) is 4.76. The van der Waals surface area contributed by atoms with Crippen LogP contribution in [0.5, 0.6) is 0 Å². The third kappa shape index (κ3) is 3.53. The first-order valence-corrected chi connectivity index (χ1v) is 7.46. The van der Waals surface area contributed by atoms with Gasteiger partial charge in [0.15, 0.2) is 0 Å². The van der Waals surface area contributed by atoms with E-state index in [2.05, 4.69) is 38.5 Å². The summed E-state index contributed by atoms with van der Waals surface area (Å²) in [5.74, 6) is 0. The maximum atomic E-state index is 12.5. The molecule has 0 saturated carbocycles. The minimum Gasteiger partial charge on any atom is -0.384 e. The Morgan fingerprint density at radius 2 is 1.65 bits per heavy atom. The van der Waals surface area contributed by atoms with E-state index in [1.165, 1.54) is 12.1 Å². The molecule has 0 spiro atoms. The Bertz CT molecular complexity index is 611. The van der Waals surface area contributed by atoms with Crippen LogP contribution in [-0.4, -0.2) is 5.11 Å². The summed E-state index contributed by atoms with van der Waals surface area (Å²) in [6.07, 6.45) is -5.32. The highest BCUT2D eigenvalue weighted by atomic mass is 127. The van der Waals surface area contributed by atoms with Gasteiger partial charge in [-0.05, 0) is 64.0 Å². The molecule has 106 valence electrons. The third-order valence-corrected chi connectivity index (χ3v) is 4.28. The van der Waals surface area contributed by atoms with Gasteiger partial charge in [-0.3, -0.25) is 0 Å². The number of halogens is 5. The molecular weight excluding hydrogens is 448 g/mol. The number of hydrogen-bond donors (Lipinski definition) is 1. The first-order valence-electron chi connectivity index (χ1n) is 5.59. The van der Waals surface area contributed by atoms with Crippen molar-refractivity contribution in [3.63, 3.8) is 0 Å². The maximum absolute atomic E-state index is 12.5. The average molecular weight is 457 g/mol. The Labute approximate surface area is 136 Å². The fraction of sp³-hybridized carbons (Fsp3) is 0.143. The van der Waals surface area contributed by atoms with Gasteiger partial charge in [-0.2, -0.15) is 13.2 Å². The average Bonchev–Trinajstić information content (AvgIpc) is 2.40. The Morgan fingerprint density at radius 3 is 2.20 bits per heavy atom. The van der Waals surface area contributed by atoms with Crippen molar-refractivity contribution in [2.45, 2.75) is 12.3 Å². The van der Waals surface area contributed by atoms with Crippen LogP contribution in [0.2, 0.25) is 0 Å². The minimum atomic E-state index is -4.37. The van der Waals surface area contributed by atoms with E-state index in [0.717, 1.165) is 20.2 Å². The van der Waals surface area contributed by atoms with Crippen molar-refractivity contribution < 1.29 is 18.3 Å². The molecule has 0 heterocycles. The molecule has 6 heteroatoms. The molecule has 2 aromatic carbocycles. The number of aliphatic hydroxyl groups is 1. The minimum absolute atomic E-state index is 0.425. The zero-order valence-electron chi connectivity index (χ0n) is 9.96. The molecular formula is C14H9BrF3IO. The van der Waals surface area contributed by atoms with Crippen LogP contribution in [-0.2, 0) is 6.18 Å². The molecule has 2 aromatic rings. The molecule has 0 aliphatic carbocycles. The molecule has 0 aliphatic rings. The summed E-state index contributed by atoms with van der Waals surface area (Å²) in [5.41, 5.74) is 0.353. The molecule has 0 radical (unpaired) electrons. The summed E-state index contributed by atoms with van der Waals surface area (Å²) in [7, 11) is 0. The van der Waals surface area contributed by atoms with Crippen molar-refractivity contribution in [1.29, 1.82) is 0 Å². The highest BCUT2D eigenvalue weighted by Gasteiger charge is 2.30. The Hall–Kier alpha value is -0.600. The SMILES string of the molecule is OC(c1ccc(C(F)(F)F)cc1)c1cc(Br)ccc1I. The molecule has 1 N–H and O–H groups in total. The van der Waals surface area contributed by atoms with E-state index in [9.17, 15) is 18.3 Å². The van der Waals surface area contributed by atoms with Crippen LogP contribution in [0.15, 0.2) is 46.9 Å². The van der Waals surface area contributed by atoms with Crippen LogP contribution in [0.25, 0.3) is 0 Å². The lowest BCUT2D eigenvalue weighted by Crippen LogP contribution is -2.06. The van der Waals surface area contributed by atoms with Gasteiger partial charge >= 0.3 is 6.18 Å². The van der Waals surface area contributed by atoms with E-state index >= 15 is 0 Å². The largest absolute Gasteiger partial charge is 0.416 e. The molecule has 2 rings (SSSR count). The molecule has 0 saturated heterocycles. The highest BCUT2D eigenvalue weighted by molar-refractivity contribution is 14.1. The van der Waals surface area contributed by atoms with Crippen molar-refractivity contribution in [1.82, 2.24) is 0 Å². The molecule has 0 fully saturated rings. The number of benzene rings is 2. The number of aliphatic hydroxyl groups excluding tert-OH is 1. The molecule has 0 bridgehead atoms. The van der Waals surface area contributed by atoms with Gasteiger partial charge in [0.25, 0.3) is 0 Å². The third-order valence-electron chi connectivity index (χ3n) is 2.81. The second-order valence-corrected chi connectivity index (χ2v) is 6.27. The quantitative estimate of drug-likeness (QED) is 0.619. The Balaban J connectivity index is 2.34. The lowest BCUT2D eigenvalue weighted by atomic mass is 10.0. The van der Waals surface area contributed by atoms with Gasteiger partial charge in [0, 0.05) is 8.04 Å². The molecule has 20 heavy (non-hydrogen) atoms. The monoisotopic (exact) mass is 456 g/mol. The standard InChI is InChI=1S/C14H9BrF3IO/c15-10-5-6-12(19)11(7-10)13(20)8-1-3-9(4-2-8)14(16,17)18/h1-7,13,20H. The summed E-state index contributed by atoms with van der Waals surface area (Å²) in [4.78, 5) is 0. The van der Waals surface area contributed by atoms with Gasteiger partial charge in [-0.1, -0.05) is 28.1 Å². The summed E-state index contributed by atoms with van der Waals surface area (Å²) < 4.78 is 39.1. The zero-order valence-corrected chi connectivity index (χ0v) is 13.7. The topological polar surface area (TPSA) is 20.2 Å². The Morgan fingerprint density at radius 1 is 1.05 bits per heavy atom. The van der Waals surface area contributed by atoms with Crippen LogP contribution >= 0.6 is 38.5 Å². The maximum Gasteiger partial charge on any atom is 0.416 e. The van der Waals surface area contributed by atoms with Gasteiger partial charge in [0.2, 0.25) is 0 Å². The normalized spacial score (nSPS) is 13.3. The summed E-state index contributed by atoms with van der Waals surface area (Å²) in [6, 6.07) is 9.96. The van der Waals surface area contributed by atoms with Crippen LogP contribution in [0, 0.1) is 3.57 Å². The van der Waals surface area contributed by atoms with Crippen LogP contribution in [0.1, 0.15) is 22.8 Å². The summed E-state index contributed by atoms with van der Waals surface area (Å²) >= 11 is 5.39. The van der Waals surface area contributed by atoms with E-state index in [-0.39, 0.29) is 0 Å². The van der Waals surface area contributed by atoms with E-state index in [1.807, 2.05) is 12.1 Å². The molecule has 1 atom stereocenters. The zero-order chi connectivity index (χ0) is 14.9. The first-order chi connectivity index (χ1) is 9.29. The first kappa shape index (κ1) is 15.8. The lowest BCUT2D eigenvalue weighted by Gasteiger charge is -2.15.